The first kappa shape index (κ1) is 39.6. The number of methoxy groups -OCH3 is 2. The lowest BCUT2D eigenvalue weighted by molar-refractivity contribution is -0.137. The Kier molecular flexibility index (Phi) is 11.3. The Morgan fingerprint density at radius 1 is 0.729 bits per heavy atom. The van der Waals surface area contributed by atoms with E-state index in [0.717, 1.165) is 57.7 Å². The fourth-order valence-corrected chi connectivity index (χ4v) is 8.73. The van der Waals surface area contributed by atoms with Crippen LogP contribution in [0.3, 0.4) is 0 Å². The number of hydrogen-bond acceptors (Lipinski definition) is 8. The van der Waals surface area contributed by atoms with Crippen molar-refractivity contribution >= 4 is 5.82 Å². The molecule has 6 aromatic rings. The molecule has 1 saturated heterocycles. The maximum Gasteiger partial charge on any atom is 0.351 e. The first-order valence-corrected chi connectivity index (χ1v) is 20.1. The largest absolute Gasteiger partial charge is 0.501 e. The lowest BCUT2D eigenvalue weighted by Gasteiger charge is -2.40. The second kappa shape index (κ2) is 16.9. The van der Waals surface area contributed by atoms with E-state index in [9.17, 15) is 4.79 Å². The molecule has 2 aliphatic rings. The zero-order valence-corrected chi connectivity index (χ0v) is 33.7. The van der Waals surface area contributed by atoms with Crippen molar-refractivity contribution in [3.8, 4) is 5.75 Å². The highest BCUT2D eigenvalue weighted by atomic mass is 16.6. The average molecular weight is 787 g/mol. The van der Waals surface area contributed by atoms with Crippen LogP contribution < -0.4 is 21.5 Å². The van der Waals surface area contributed by atoms with Crippen LogP contribution in [0.1, 0.15) is 60.2 Å². The highest BCUT2D eigenvalue weighted by Gasteiger charge is 2.48. The molecule has 0 spiro atoms. The number of nitrogens with one attached hydrogen (secondary N) is 1. The van der Waals surface area contributed by atoms with E-state index in [-0.39, 0.29) is 12.5 Å². The highest BCUT2D eigenvalue weighted by molar-refractivity contribution is 5.58. The van der Waals surface area contributed by atoms with Gasteiger partial charge in [-0.25, -0.2) is 4.79 Å². The summed E-state index contributed by atoms with van der Waals surface area (Å²) in [6.45, 7) is 2.11. The van der Waals surface area contributed by atoms with Crippen molar-refractivity contribution in [2.75, 3.05) is 26.1 Å². The van der Waals surface area contributed by atoms with E-state index in [4.69, 9.17) is 24.7 Å². The predicted molar refractivity (Wildman–Crippen MR) is 231 cm³/mol. The van der Waals surface area contributed by atoms with Crippen LogP contribution in [-0.2, 0) is 25.4 Å². The number of ether oxygens (including phenoxy) is 4. The lowest BCUT2D eigenvalue weighted by Crippen LogP contribution is -2.48. The van der Waals surface area contributed by atoms with Crippen molar-refractivity contribution in [1.82, 2.24) is 9.55 Å². The zero-order valence-electron chi connectivity index (χ0n) is 33.7. The third-order valence-electron chi connectivity index (χ3n) is 11.6. The Morgan fingerprint density at radius 3 is 1.76 bits per heavy atom. The monoisotopic (exact) mass is 786 g/mol. The summed E-state index contributed by atoms with van der Waals surface area (Å²) in [5.41, 5.74) is 9.57. The fourth-order valence-electron chi connectivity index (χ4n) is 8.73. The maximum absolute atomic E-state index is 14.1. The van der Waals surface area contributed by atoms with E-state index < -0.39 is 28.8 Å². The van der Waals surface area contributed by atoms with Gasteiger partial charge in [-0.15, -0.1) is 0 Å². The number of allylic oxidation sites excluding steroid dienone is 3. The molecular weight excluding hydrogens is 737 g/mol. The van der Waals surface area contributed by atoms with Gasteiger partial charge < -0.3 is 30.0 Å². The van der Waals surface area contributed by atoms with Crippen LogP contribution in [-0.4, -0.2) is 36.1 Å². The Labute approximate surface area is 345 Å². The summed E-state index contributed by atoms with van der Waals surface area (Å²) in [5.74, 6) is 1.94. The molecule has 0 radical (unpaired) electrons. The summed E-state index contributed by atoms with van der Waals surface area (Å²) in [5, 5.41) is 3.70. The van der Waals surface area contributed by atoms with Crippen LogP contribution in [0.25, 0.3) is 0 Å². The lowest BCUT2D eigenvalue weighted by atomic mass is 9.76. The zero-order chi connectivity index (χ0) is 40.9. The quantitative estimate of drug-likeness (QED) is 0.105. The summed E-state index contributed by atoms with van der Waals surface area (Å²) in [7, 11) is 3.35. The second-order valence-corrected chi connectivity index (χ2v) is 15.3. The van der Waals surface area contributed by atoms with Crippen LogP contribution >= 0.6 is 0 Å². The van der Waals surface area contributed by atoms with Gasteiger partial charge in [0.2, 0.25) is 0 Å². The minimum absolute atomic E-state index is 0.0656. The van der Waals surface area contributed by atoms with Gasteiger partial charge in [0, 0.05) is 18.5 Å². The number of hydrogen-bond donors (Lipinski definition) is 2. The van der Waals surface area contributed by atoms with Gasteiger partial charge in [0.25, 0.3) is 0 Å². The molecule has 1 aliphatic carbocycles. The standard InChI is InChI=1S/C50H50N4O5/c1-36-34-48(51,35-58-50(40-20-12-6-13-21-40,41-22-14-7-15-23-41)42-26-30-44(57-3)31-27-42)59-46(36)54-33-32-45(52-47(54)55)53-49(37-16-8-4-9-17-37,38-18-10-5-11-19-38)39-24-28-43(56-2)29-25-39/h4-26,28-30,32-33,36,46H,27,31,34-35,51H2,1-3H3,(H,52,53,55)/t36-,46+,48-/m0/s1. The number of anilines is 1. The highest BCUT2D eigenvalue weighted by Crippen LogP contribution is 2.47. The van der Waals surface area contributed by atoms with Crippen LogP contribution in [0.4, 0.5) is 5.82 Å². The molecule has 0 unspecified atom stereocenters. The smallest absolute Gasteiger partial charge is 0.351 e. The van der Waals surface area contributed by atoms with Gasteiger partial charge in [0.05, 0.1) is 26.6 Å². The van der Waals surface area contributed by atoms with E-state index in [1.807, 2.05) is 116 Å². The van der Waals surface area contributed by atoms with Crippen molar-refractivity contribution in [3.05, 3.63) is 220 Å². The SMILES string of the molecule is COC1=CC=C(C(OC[C@]2(N)C[C@H](C)[C@H](n3ccc(NC(c4ccccc4)(c4ccccc4)c4ccc(OC)cc4)nc3=O)O2)(c2ccccc2)c2ccccc2)CC1. The summed E-state index contributed by atoms with van der Waals surface area (Å²) in [6, 6.07) is 50.6. The number of nitrogens with two attached hydrogens (primary N) is 1. The van der Waals surface area contributed by atoms with E-state index in [2.05, 4.69) is 64.9 Å². The number of aromatic nitrogens is 2. The van der Waals surface area contributed by atoms with Crippen molar-refractivity contribution in [2.45, 2.75) is 49.3 Å². The number of rotatable bonds is 14. The Morgan fingerprint density at radius 2 is 1.27 bits per heavy atom. The molecule has 9 nitrogen and oxygen atoms in total. The Bertz CT molecular complexity index is 2380. The van der Waals surface area contributed by atoms with E-state index in [0.29, 0.717) is 12.2 Å². The molecule has 0 saturated carbocycles. The Balaban J connectivity index is 1.11. The van der Waals surface area contributed by atoms with Crippen molar-refractivity contribution in [1.29, 1.82) is 0 Å². The maximum atomic E-state index is 14.1. The molecule has 59 heavy (non-hydrogen) atoms. The van der Waals surface area contributed by atoms with Crippen LogP contribution in [0.5, 0.6) is 5.75 Å². The molecule has 3 atom stereocenters. The van der Waals surface area contributed by atoms with E-state index >= 15 is 0 Å². The summed E-state index contributed by atoms with van der Waals surface area (Å²) < 4.78 is 26.5. The molecule has 300 valence electrons. The molecule has 0 amide bonds. The average Bonchev–Trinajstić information content (AvgIpc) is 3.60. The van der Waals surface area contributed by atoms with Gasteiger partial charge >= 0.3 is 5.69 Å². The number of nitrogens with zero attached hydrogens (tertiary/aromatic N) is 2. The van der Waals surface area contributed by atoms with Gasteiger partial charge in [-0.05, 0) is 70.5 Å². The van der Waals surface area contributed by atoms with E-state index in [1.54, 1.807) is 20.4 Å². The Hall–Kier alpha value is -6.26. The molecule has 1 aromatic heterocycles. The summed E-state index contributed by atoms with van der Waals surface area (Å²) in [6.07, 6.45) is 7.13. The third kappa shape index (κ3) is 7.72. The minimum atomic E-state index is -1.21. The van der Waals surface area contributed by atoms with Crippen molar-refractivity contribution < 1.29 is 18.9 Å². The van der Waals surface area contributed by atoms with E-state index in [1.165, 1.54) is 4.57 Å². The topological polar surface area (TPSA) is 110 Å². The molecule has 2 heterocycles. The molecule has 0 bridgehead atoms. The third-order valence-corrected chi connectivity index (χ3v) is 11.6. The number of benzene rings is 5. The fraction of sp³-hybridized carbons (Fsp3) is 0.240. The molecular formula is C50H50N4O5. The van der Waals surface area contributed by atoms with Crippen LogP contribution in [0.2, 0.25) is 0 Å². The van der Waals surface area contributed by atoms with Gasteiger partial charge in [-0.1, -0.05) is 146 Å². The van der Waals surface area contributed by atoms with Crippen LogP contribution in [0, 0.1) is 5.92 Å². The summed E-state index contributed by atoms with van der Waals surface area (Å²) in [4.78, 5) is 18.8. The predicted octanol–water partition coefficient (Wildman–Crippen LogP) is 9.08. The van der Waals surface area contributed by atoms with Crippen LogP contribution in [0.15, 0.2) is 186 Å². The van der Waals surface area contributed by atoms with Gasteiger partial charge in [-0.3, -0.25) is 4.57 Å². The molecule has 5 aromatic carbocycles. The van der Waals surface area contributed by atoms with Gasteiger partial charge in [-0.2, -0.15) is 4.98 Å². The molecule has 1 fully saturated rings. The van der Waals surface area contributed by atoms with Crippen molar-refractivity contribution in [2.24, 2.45) is 11.7 Å². The normalized spacial score (nSPS) is 19.4. The second-order valence-electron chi connectivity index (χ2n) is 15.3. The van der Waals surface area contributed by atoms with Gasteiger partial charge in [0.1, 0.15) is 34.7 Å². The molecule has 3 N–H and O–H groups in total. The van der Waals surface area contributed by atoms with Crippen molar-refractivity contribution in [3.63, 3.8) is 0 Å². The molecule has 1 aliphatic heterocycles. The first-order chi connectivity index (χ1) is 28.8. The summed E-state index contributed by atoms with van der Waals surface area (Å²) >= 11 is 0. The minimum Gasteiger partial charge on any atom is -0.501 e. The molecule has 8 rings (SSSR count). The first-order valence-electron chi connectivity index (χ1n) is 20.1. The van der Waals surface area contributed by atoms with Gasteiger partial charge in [0.15, 0.2) is 0 Å². The molecule has 9 heteroatoms.